The van der Waals surface area contributed by atoms with Crippen molar-refractivity contribution in [3.8, 4) is 0 Å². The zero-order chi connectivity index (χ0) is 39.5. The maximum absolute atomic E-state index is 13.2. The molecular formula is C32H42N2O17S. The highest BCUT2D eigenvalue weighted by molar-refractivity contribution is 7.78. The summed E-state index contributed by atoms with van der Waals surface area (Å²) in [5.74, 6) is -7.95. The summed E-state index contributed by atoms with van der Waals surface area (Å²) < 4.78 is 33.7. The molecule has 0 bridgehead atoms. The molecule has 2 aliphatic heterocycles. The maximum Gasteiger partial charge on any atom is 0.357 e. The van der Waals surface area contributed by atoms with E-state index in [1.165, 1.54) is 26.8 Å². The van der Waals surface area contributed by atoms with Crippen molar-refractivity contribution in [2.45, 2.75) is 121 Å². The highest BCUT2D eigenvalue weighted by Crippen LogP contribution is 2.42. The third kappa shape index (κ3) is 8.46. The number of aliphatic hydroxyl groups is 5. The lowest BCUT2D eigenvalue weighted by molar-refractivity contribution is -0.343. The van der Waals surface area contributed by atoms with E-state index in [0.29, 0.717) is 0 Å². The summed E-state index contributed by atoms with van der Waals surface area (Å²) in [6, 6.07) is 0. The quantitative estimate of drug-likeness (QED) is 0.0430. The van der Waals surface area contributed by atoms with Crippen LogP contribution in [0.1, 0.15) is 54.4 Å². The molecule has 0 amide bonds. The van der Waals surface area contributed by atoms with Gasteiger partial charge in [-0.2, -0.15) is 4.99 Å². The highest BCUT2D eigenvalue weighted by atomic mass is 32.1. The number of isothiocyanates is 1. The number of ether oxygens (including phenoxy) is 6. The van der Waals surface area contributed by atoms with Gasteiger partial charge < -0.3 is 59.1 Å². The Bertz CT molecular complexity index is 1560. The van der Waals surface area contributed by atoms with Gasteiger partial charge in [0.15, 0.2) is 35.1 Å². The molecule has 2 saturated heterocycles. The number of aliphatic carboxylic acids is 1. The number of Topliss-reactive ketones (excluding diaryl/α,β-unsaturated/α-hetero) is 1. The Morgan fingerprint density at radius 1 is 1.15 bits per heavy atom. The van der Waals surface area contributed by atoms with Crippen LogP contribution < -0.4 is 0 Å². The Kier molecular flexibility index (Phi) is 13.7. The fourth-order valence-electron chi connectivity index (χ4n) is 6.05. The van der Waals surface area contributed by atoms with E-state index in [1.807, 2.05) is 5.16 Å². The van der Waals surface area contributed by atoms with Gasteiger partial charge >= 0.3 is 23.9 Å². The molecule has 7 N–H and O–H groups in total. The summed E-state index contributed by atoms with van der Waals surface area (Å²) >= 11 is 4.57. The Balaban J connectivity index is 2.13. The maximum atomic E-state index is 13.2. The lowest BCUT2D eigenvalue weighted by atomic mass is 9.74. The average molecular weight is 759 g/mol. The molecule has 3 rings (SSSR count). The number of thiocarbonyl (C=S) groups is 1. The average Bonchev–Trinajstić information content (AvgIpc) is 3.05. The minimum Gasteiger partial charge on any atom is -0.508 e. The fraction of sp³-hybridized carbons (Fsp3) is 0.656. The molecule has 0 spiro atoms. The van der Waals surface area contributed by atoms with Crippen LogP contribution in [-0.2, 0) is 52.4 Å². The number of aliphatic imine (C=N–C) groups is 1. The summed E-state index contributed by atoms with van der Waals surface area (Å²) in [7, 11) is 0. The van der Waals surface area contributed by atoms with Crippen LogP contribution in [0.3, 0.4) is 0 Å². The summed E-state index contributed by atoms with van der Waals surface area (Å²) in [5.41, 5.74) is -8.05. The second-order valence-corrected chi connectivity index (χ2v) is 12.9. The first-order chi connectivity index (χ1) is 24.1. The number of carbonyl (C=O) groups excluding carboxylic acids is 4. The van der Waals surface area contributed by atoms with Gasteiger partial charge in [-0.3, -0.25) is 19.8 Å². The van der Waals surface area contributed by atoms with E-state index in [0.717, 1.165) is 6.92 Å². The zero-order valence-corrected chi connectivity index (χ0v) is 29.8. The second kappa shape index (κ2) is 16.8. The monoisotopic (exact) mass is 758 g/mol. The van der Waals surface area contributed by atoms with Crippen LogP contribution in [0.4, 0.5) is 0 Å². The number of carbonyl (C=O) groups is 5. The van der Waals surface area contributed by atoms with Crippen LogP contribution >= 0.6 is 12.2 Å². The van der Waals surface area contributed by atoms with Crippen molar-refractivity contribution in [2.24, 2.45) is 10.9 Å². The van der Waals surface area contributed by atoms with Gasteiger partial charge in [0, 0.05) is 13.3 Å². The van der Waals surface area contributed by atoms with Gasteiger partial charge in [0.25, 0.3) is 0 Å². The van der Waals surface area contributed by atoms with E-state index in [2.05, 4.69) is 17.2 Å². The molecule has 2 fully saturated rings. The normalized spacial score (nSPS) is 34.6. The number of ketones is 1. The largest absolute Gasteiger partial charge is 0.508 e. The minimum atomic E-state index is -3.05. The molecule has 3 aliphatic rings. The lowest BCUT2D eigenvalue weighted by Crippen LogP contribution is -2.70. The van der Waals surface area contributed by atoms with Crippen molar-refractivity contribution >= 4 is 52.8 Å². The topological polar surface area (TPSA) is 298 Å². The van der Waals surface area contributed by atoms with Gasteiger partial charge in [0.05, 0.1) is 29.7 Å². The van der Waals surface area contributed by atoms with Crippen LogP contribution in [0, 0.1) is 11.3 Å². The molecule has 2 heterocycles. The number of nitrogens with zero attached hydrogens (tertiary/aromatic N) is 1. The molecule has 11 unspecified atom stereocenters. The highest BCUT2D eigenvalue weighted by Gasteiger charge is 2.61. The van der Waals surface area contributed by atoms with Gasteiger partial charge in [0.1, 0.15) is 54.2 Å². The number of hydrogen-bond donors (Lipinski definition) is 7. The smallest absolute Gasteiger partial charge is 0.357 e. The van der Waals surface area contributed by atoms with E-state index in [1.54, 1.807) is 13.8 Å². The van der Waals surface area contributed by atoms with Gasteiger partial charge in [0.2, 0.25) is 0 Å². The molecule has 0 aromatic rings. The predicted octanol–water partition coefficient (Wildman–Crippen LogP) is -0.584. The first-order valence-electron chi connectivity index (χ1n) is 16.0. The number of nitrogens with one attached hydrogen (secondary N) is 1. The first-order valence-corrected chi connectivity index (χ1v) is 16.4. The molecule has 19 nitrogen and oxygen atoms in total. The fourth-order valence-corrected chi connectivity index (χ4v) is 6.15. The number of rotatable bonds is 12. The van der Waals surface area contributed by atoms with Crippen molar-refractivity contribution in [3.05, 3.63) is 23.1 Å². The third-order valence-corrected chi connectivity index (χ3v) is 9.06. The van der Waals surface area contributed by atoms with Crippen LogP contribution in [0.5, 0.6) is 0 Å². The predicted molar refractivity (Wildman–Crippen MR) is 175 cm³/mol. The second-order valence-electron chi connectivity index (χ2n) is 12.7. The Hall–Kier alpha value is -3.98. The Labute approximate surface area is 302 Å². The number of esters is 3. The molecular weight excluding hydrogens is 716 g/mol. The van der Waals surface area contributed by atoms with Gasteiger partial charge in [-0.05, 0) is 33.0 Å². The molecule has 0 aromatic heterocycles. The number of aliphatic hydroxyl groups excluding tert-OH is 3. The van der Waals surface area contributed by atoms with Crippen molar-refractivity contribution in [1.29, 1.82) is 5.41 Å². The van der Waals surface area contributed by atoms with Crippen molar-refractivity contribution in [3.63, 3.8) is 0 Å². The molecule has 52 heavy (non-hydrogen) atoms. The standard InChI is InChI=1S/C32H42N2O17S/c1-7-16(34-11-52)30(43)51-24-18(10-46-15(6)35)49-27(31(44)9-17(36)22(33)21(26(31)39)28(40)41)23(38)25(24)50-20-8-19(37)32(45,13(4)47-20)14(5)48-29(42)12(2)3/h7,12-14,18-20,23-25,27,33,37-39,44-45H,8-10H2,1-6H3,(H,40,41). The molecule has 288 valence electrons. The Morgan fingerprint density at radius 3 is 2.31 bits per heavy atom. The molecule has 20 heteroatoms. The van der Waals surface area contributed by atoms with E-state index in [4.69, 9.17) is 33.8 Å². The number of allylic oxidation sites excluding steroid dienone is 1. The molecule has 1 aliphatic carbocycles. The third-order valence-electron chi connectivity index (χ3n) is 8.97. The molecule has 0 aromatic carbocycles. The summed E-state index contributed by atoms with van der Waals surface area (Å²) in [6.45, 7) is 7.43. The van der Waals surface area contributed by atoms with Crippen molar-refractivity contribution in [1.82, 2.24) is 0 Å². The number of hydrogen-bond acceptors (Lipinski definition) is 19. The summed E-state index contributed by atoms with van der Waals surface area (Å²) in [5, 5.41) is 76.6. The first kappa shape index (κ1) is 42.4. The summed E-state index contributed by atoms with van der Waals surface area (Å²) in [4.78, 5) is 65.6. The van der Waals surface area contributed by atoms with Crippen LogP contribution in [-0.4, -0.2) is 144 Å². The summed E-state index contributed by atoms with van der Waals surface area (Å²) in [6.07, 6.45) is -16.4. The zero-order valence-electron chi connectivity index (χ0n) is 29.0. The number of carboxylic acids is 1. The van der Waals surface area contributed by atoms with Crippen LogP contribution in [0.15, 0.2) is 28.1 Å². The van der Waals surface area contributed by atoms with Gasteiger partial charge in [-0.1, -0.05) is 19.9 Å². The lowest BCUT2D eigenvalue weighted by Gasteiger charge is -2.51. The van der Waals surface area contributed by atoms with E-state index >= 15 is 0 Å². The van der Waals surface area contributed by atoms with E-state index < -0.39 is 138 Å². The van der Waals surface area contributed by atoms with Crippen LogP contribution in [0.2, 0.25) is 0 Å². The molecule has 0 saturated carbocycles. The van der Waals surface area contributed by atoms with Crippen LogP contribution in [0.25, 0.3) is 0 Å². The molecule has 0 radical (unpaired) electrons. The van der Waals surface area contributed by atoms with Gasteiger partial charge in [-0.25, -0.2) is 9.59 Å². The van der Waals surface area contributed by atoms with Crippen molar-refractivity contribution in [2.75, 3.05) is 6.61 Å². The number of carboxylic acid groups (broad SMARTS) is 1. The Morgan fingerprint density at radius 2 is 1.79 bits per heavy atom. The minimum absolute atomic E-state index is 0.383. The SMILES string of the molecule is CC=C(N=C=S)C(=O)OC1C(COC(C)=O)OC(C2(O)CC(=O)C(=N)C(C(=O)O)=C2O)C(O)C1OC1CC(O)C(O)(C(C)OC(=O)C(C)C)C(C)O1. The van der Waals surface area contributed by atoms with Crippen molar-refractivity contribution < 1.29 is 83.0 Å². The van der Waals surface area contributed by atoms with Gasteiger partial charge in [-0.15, -0.1) is 0 Å². The van der Waals surface area contributed by atoms with E-state index in [-0.39, 0.29) is 5.70 Å². The van der Waals surface area contributed by atoms with E-state index in [9.17, 15) is 54.6 Å². The molecule has 11 atom stereocenters.